The Morgan fingerprint density at radius 1 is 0.956 bits per heavy atom. The van der Waals surface area contributed by atoms with Gasteiger partial charge in [0.2, 0.25) is 5.91 Å². The molecule has 1 aliphatic carbocycles. The van der Waals surface area contributed by atoms with Gasteiger partial charge in [-0.1, -0.05) is 71.4 Å². The van der Waals surface area contributed by atoms with Gasteiger partial charge in [0.15, 0.2) is 5.60 Å². The summed E-state index contributed by atoms with van der Waals surface area (Å²) in [5, 5.41) is 7.95. The molecule has 45 heavy (non-hydrogen) atoms. The minimum Gasteiger partial charge on any atom is -0.464 e. The summed E-state index contributed by atoms with van der Waals surface area (Å²) in [4.78, 5) is 25.4. The summed E-state index contributed by atoms with van der Waals surface area (Å²) in [6.07, 6.45) is 0.706. The Bertz CT molecular complexity index is 1720. The molecule has 8 nitrogen and oxygen atoms in total. The van der Waals surface area contributed by atoms with Crippen molar-refractivity contribution in [2.75, 3.05) is 6.61 Å². The maximum Gasteiger partial charge on any atom is 0.338 e. The average Bonchev–Trinajstić information content (AvgIpc) is 3.58. The zero-order valence-corrected chi connectivity index (χ0v) is 26.5. The number of furan rings is 1. The van der Waals surface area contributed by atoms with Crippen LogP contribution in [0.3, 0.4) is 0 Å². The van der Waals surface area contributed by atoms with Crippen LogP contribution in [0.1, 0.15) is 70.9 Å². The Morgan fingerprint density at radius 3 is 2.27 bits per heavy atom. The third kappa shape index (κ3) is 7.70. The van der Waals surface area contributed by atoms with E-state index in [2.05, 4.69) is 42.5 Å². The number of esters is 1. The second kappa shape index (κ2) is 13.9. The number of ether oxygens (including phenoxy) is 2. The molecule has 1 fully saturated rings. The zero-order chi connectivity index (χ0) is 32.0. The lowest BCUT2D eigenvalue weighted by Gasteiger charge is -2.22. The van der Waals surface area contributed by atoms with Gasteiger partial charge in [-0.3, -0.25) is 4.79 Å². The monoisotopic (exact) mass is 608 g/mol. The Hall–Kier alpha value is -4.69. The Balaban J connectivity index is 0.000000598. The molecule has 1 atom stereocenters. The lowest BCUT2D eigenvalue weighted by Crippen LogP contribution is -2.31. The van der Waals surface area contributed by atoms with Gasteiger partial charge in [0, 0.05) is 11.9 Å². The van der Waals surface area contributed by atoms with Gasteiger partial charge in [0.25, 0.3) is 0 Å². The SMILES string of the molecule is CCOC(=O)C1(OC(c2cc3cc(CC(=O)NCc4ccc(C)cc4C)ccc3o2)c2c(C)noc2C)CC1.c1ccccc1. The molecule has 2 aromatic heterocycles. The summed E-state index contributed by atoms with van der Waals surface area (Å²) in [6, 6.07) is 25.8. The Kier molecular flexibility index (Phi) is 9.83. The highest BCUT2D eigenvalue weighted by Crippen LogP contribution is 2.47. The molecule has 1 N–H and O–H groups in total. The number of nitrogens with one attached hydrogen (secondary N) is 1. The first-order valence-corrected chi connectivity index (χ1v) is 15.3. The summed E-state index contributed by atoms with van der Waals surface area (Å²) in [6.45, 7) is 10.3. The molecule has 1 aliphatic rings. The van der Waals surface area contributed by atoms with E-state index in [-0.39, 0.29) is 24.9 Å². The van der Waals surface area contributed by atoms with Crippen LogP contribution in [0.25, 0.3) is 11.0 Å². The second-order valence-corrected chi connectivity index (χ2v) is 11.5. The smallest absolute Gasteiger partial charge is 0.338 e. The maximum absolute atomic E-state index is 12.7. The molecule has 234 valence electrons. The molecule has 1 saturated carbocycles. The van der Waals surface area contributed by atoms with E-state index >= 15 is 0 Å². The highest BCUT2D eigenvalue weighted by Gasteiger charge is 2.55. The highest BCUT2D eigenvalue weighted by atomic mass is 16.6. The van der Waals surface area contributed by atoms with Crippen LogP contribution in [0, 0.1) is 27.7 Å². The van der Waals surface area contributed by atoms with Crippen LogP contribution in [0.15, 0.2) is 87.8 Å². The first kappa shape index (κ1) is 31.7. The third-order valence-corrected chi connectivity index (χ3v) is 7.91. The van der Waals surface area contributed by atoms with E-state index in [9.17, 15) is 9.59 Å². The van der Waals surface area contributed by atoms with Gasteiger partial charge in [-0.2, -0.15) is 0 Å². The number of aryl methyl sites for hydroxylation is 4. The molecule has 3 aromatic carbocycles. The number of carbonyl (C=O) groups excluding carboxylic acids is 2. The van der Waals surface area contributed by atoms with E-state index in [4.69, 9.17) is 18.4 Å². The topological polar surface area (TPSA) is 104 Å². The average molecular weight is 609 g/mol. The van der Waals surface area contributed by atoms with Crippen molar-refractivity contribution in [3.8, 4) is 0 Å². The maximum atomic E-state index is 12.7. The Labute approximate surface area is 263 Å². The largest absolute Gasteiger partial charge is 0.464 e. The number of carbonyl (C=O) groups is 2. The molecule has 0 bridgehead atoms. The molecule has 8 heteroatoms. The van der Waals surface area contributed by atoms with Crippen molar-refractivity contribution in [1.82, 2.24) is 10.5 Å². The minimum absolute atomic E-state index is 0.0555. The van der Waals surface area contributed by atoms with E-state index in [0.717, 1.165) is 27.6 Å². The van der Waals surface area contributed by atoms with Gasteiger partial charge in [-0.05, 0) is 82.3 Å². The fourth-order valence-electron chi connectivity index (χ4n) is 5.32. The first-order valence-electron chi connectivity index (χ1n) is 15.3. The van der Waals surface area contributed by atoms with E-state index in [0.29, 0.717) is 42.2 Å². The lowest BCUT2D eigenvalue weighted by atomic mass is 10.0. The number of hydrogen-bond donors (Lipinski definition) is 1. The quantitative estimate of drug-likeness (QED) is 0.165. The summed E-state index contributed by atoms with van der Waals surface area (Å²) in [5.74, 6) is 0.706. The van der Waals surface area contributed by atoms with Crippen LogP contribution in [0.4, 0.5) is 0 Å². The van der Waals surface area contributed by atoms with E-state index in [1.807, 2.05) is 74.5 Å². The van der Waals surface area contributed by atoms with Gasteiger partial charge < -0.3 is 23.7 Å². The summed E-state index contributed by atoms with van der Waals surface area (Å²) in [5.41, 5.74) is 5.38. The predicted molar refractivity (Wildman–Crippen MR) is 172 cm³/mol. The highest BCUT2D eigenvalue weighted by molar-refractivity contribution is 5.84. The van der Waals surface area contributed by atoms with Gasteiger partial charge in [0.05, 0.1) is 24.3 Å². The van der Waals surface area contributed by atoms with Crippen molar-refractivity contribution >= 4 is 22.8 Å². The van der Waals surface area contributed by atoms with Gasteiger partial charge in [0.1, 0.15) is 23.2 Å². The Morgan fingerprint density at radius 2 is 1.67 bits per heavy atom. The first-order chi connectivity index (χ1) is 21.7. The molecule has 1 unspecified atom stereocenters. The lowest BCUT2D eigenvalue weighted by molar-refractivity contribution is -0.164. The zero-order valence-electron chi connectivity index (χ0n) is 26.5. The van der Waals surface area contributed by atoms with Crippen molar-refractivity contribution in [1.29, 1.82) is 0 Å². The number of fused-ring (bicyclic) bond motifs is 1. The third-order valence-electron chi connectivity index (χ3n) is 7.91. The van der Waals surface area contributed by atoms with Crippen LogP contribution in [0.5, 0.6) is 0 Å². The second-order valence-electron chi connectivity index (χ2n) is 11.5. The summed E-state index contributed by atoms with van der Waals surface area (Å²) in [7, 11) is 0. The van der Waals surface area contributed by atoms with Crippen LogP contribution in [0.2, 0.25) is 0 Å². The number of rotatable bonds is 10. The molecule has 0 spiro atoms. The molecule has 2 heterocycles. The molecular weight excluding hydrogens is 568 g/mol. The number of benzene rings is 3. The van der Waals surface area contributed by atoms with Crippen LogP contribution in [-0.2, 0) is 32.0 Å². The van der Waals surface area contributed by atoms with E-state index < -0.39 is 11.7 Å². The van der Waals surface area contributed by atoms with Gasteiger partial charge in [-0.25, -0.2) is 4.79 Å². The predicted octanol–water partition coefficient (Wildman–Crippen LogP) is 7.40. The van der Waals surface area contributed by atoms with Crippen LogP contribution < -0.4 is 5.32 Å². The number of nitrogens with zero attached hydrogens (tertiary/aromatic N) is 1. The van der Waals surface area contributed by atoms with E-state index in [1.54, 1.807) is 6.92 Å². The molecule has 6 rings (SSSR count). The van der Waals surface area contributed by atoms with Crippen LogP contribution >= 0.6 is 0 Å². The number of amides is 1. The van der Waals surface area contributed by atoms with Gasteiger partial charge in [-0.15, -0.1) is 0 Å². The van der Waals surface area contributed by atoms with Crippen molar-refractivity contribution in [3.63, 3.8) is 0 Å². The summed E-state index contributed by atoms with van der Waals surface area (Å²) >= 11 is 0. The molecular formula is C37H40N2O6. The standard InChI is InChI=1S/C31H34N2O6.C6H6/c1-6-36-30(35)31(11-12-31)38-29(28-20(4)33-39-21(28)5)26-16-24-14-22(8-10-25(24)37-26)15-27(34)32-17-23-9-7-18(2)13-19(23)3;1-2-4-6-5-3-1/h7-10,13-14,16,29H,6,11-12,15,17H2,1-5H3,(H,32,34);1-6H. The molecule has 5 aromatic rings. The molecule has 1 amide bonds. The normalized spacial score (nSPS) is 13.9. The summed E-state index contributed by atoms with van der Waals surface area (Å²) < 4.78 is 23.4. The van der Waals surface area contributed by atoms with Crippen LogP contribution in [-0.4, -0.2) is 29.2 Å². The molecule has 0 radical (unpaired) electrons. The minimum atomic E-state index is -1.01. The number of aromatic nitrogens is 1. The fourth-order valence-corrected chi connectivity index (χ4v) is 5.32. The van der Waals surface area contributed by atoms with Crippen molar-refractivity contribution in [2.45, 2.75) is 72.1 Å². The van der Waals surface area contributed by atoms with E-state index in [1.165, 1.54) is 5.56 Å². The fraction of sp³-hybridized carbons (Fsp3) is 0.324. The number of hydrogen-bond acceptors (Lipinski definition) is 7. The van der Waals surface area contributed by atoms with Crippen molar-refractivity contribution in [2.24, 2.45) is 0 Å². The molecule has 0 aliphatic heterocycles. The van der Waals surface area contributed by atoms with Crippen molar-refractivity contribution < 1.29 is 28.0 Å². The van der Waals surface area contributed by atoms with Gasteiger partial charge >= 0.3 is 5.97 Å². The molecule has 0 saturated heterocycles. The van der Waals surface area contributed by atoms with Crippen molar-refractivity contribution in [3.05, 3.63) is 124 Å².